The Balaban J connectivity index is 5.30. The van der Waals surface area contributed by atoms with Gasteiger partial charge in [0.05, 0.1) is 0 Å². The maximum atomic E-state index is 10.8. The van der Waals surface area contributed by atoms with Gasteiger partial charge in [0.15, 0.2) is 0 Å². The van der Waals surface area contributed by atoms with Crippen molar-refractivity contribution < 1.29 is 5.11 Å². The zero-order valence-electron chi connectivity index (χ0n) is 11.2. The predicted octanol–water partition coefficient (Wildman–Crippen LogP) is 2.01. The molecule has 0 atom stereocenters. The van der Waals surface area contributed by atoms with Gasteiger partial charge in [-0.3, -0.25) is 4.99 Å². The lowest BCUT2D eigenvalue weighted by molar-refractivity contribution is 0.0103. The topological polar surface area (TPSA) is 35.8 Å². The normalized spacial score (nSPS) is 13.9. The number of aliphatic imine (C=N–C) groups is 1. The molecule has 15 heavy (non-hydrogen) atoms. The van der Waals surface area contributed by atoms with E-state index in [0.29, 0.717) is 6.54 Å². The summed E-state index contributed by atoms with van der Waals surface area (Å²) in [7, 11) is 3.87. The van der Waals surface area contributed by atoms with Crippen LogP contribution >= 0.6 is 0 Å². The van der Waals surface area contributed by atoms with Crippen LogP contribution in [-0.4, -0.2) is 42.1 Å². The highest BCUT2D eigenvalue weighted by atomic mass is 16.3. The lowest BCUT2D eigenvalue weighted by atomic mass is 9.79. The van der Waals surface area contributed by atoms with E-state index in [1.165, 1.54) is 0 Å². The average Bonchev–Trinajstić information content (AvgIpc) is 2.11. The zero-order valence-corrected chi connectivity index (χ0v) is 11.2. The van der Waals surface area contributed by atoms with E-state index < -0.39 is 5.60 Å². The van der Waals surface area contributed by atoms with Gasteiger partial charge in [0.25, 0.3) is 0 Å². The van der Waals surface area contributed by atoms with Gasteiger partial charge >= 0.3 is 0 Å². The van der Waals surface area contributed by atoms with Gasteiger partial charge in [-0.1, -0.05) is 27.7 Å². The minimum absolute atomic E-state index is 0.158. The quantitative estimate of drug-likeness (QED) is 0.574. The molecule has 0 aliphatic heterocycles. The van der Waals surface area contributed by atoms with Crippen molar-refractivity contribution >= 4 is 5.84 Å². The fourth-order valence-corrected chi connectivity index (χ4v) is 1.96. The van der Waals surface area contributed by atoms with E-state index in [2.05, 4.69) is 4.99 Å². The first kappa shape index (κ1) is 14.4. The molecule has 0 rings (SSSR count). The van der Waals surface area contributed by atoms with Gasteiger partial charge in [0.1, 0.15) is 11.4 Å². The van der Waals surface area contributed by atoms with Crippen molar-refractivity contribution in [1.29, 1.82) is 0 Å². The number of likely N-dealkylation sites (N-methyl/N-ethyl adjacent to an activating group) is 1. The molecule has 1 N–H and O–H groups in total. The highest BCUT2D eigenvalue weighted by Gasteiger charge is 2.41. The van der Waals surface area contributed by atoms with Gasteiger partial charge in [0, 0.05) is 20.6 Å². The van der Waals surface area contributed by atoms with Crippen LogP contribution in [-0.2, 0) is 0 Å². The number of hydrogen-bond donors (Lipinski definition) is 1. The molecule has 0 radical (unpaired) electrons. The van der Waals surface area contributed by atoms with Crippen LogP contribution in [0.1, 0.15) is 34.6 Å². The van der Waals surface area contributed by atoms with E-state index in [1.807, 2.05) is 53.6 Å². The summed E-state index contributed by atoms with van der Waals surface area (Å²) in [5.74, 6) is 1.10. The Morgan fingerprint density at radius 2 is 1.60 bits per heavy atom. The first-order valence-electron chi connectivity index (χ1n) is 5.73. The monoisotopic (exact) mass is 214 g/mol. The predicted molar refractivity (Wildman–Crippen MR) is 66.3 cm³/mol. The van der Waals surface area contributed by atoms with E-state index >= 15 is 0 Å². The largest absolute Gasteiger partial charge is 0.381 e. The number of rotatable bonds is 4. The molecule has 0 heterocycles. The molecule has 0 saturated carbocycles. The maximum absolute atomic E-state index is 10.8. The van der Waals surface area contributed by atoms with Crippen molar-refractivity contribution in [3.05, 3.63) is 0 Å². The van der Waals surface area contributed by atoms with Gasteiger partial charge in [-0.2, -0.15) is 0 Å². The van der Waals surface area contributed by atoms with Gasteiger partial charge in [-0.05, 0) is 18.8 Å². The summed E-state index contributed by atoms with van der Waals surface area (Å²) in [5.41, 5.74) is -0.834. The zero-order chi connectivity index (χ0) is 12.2. The molecule has 0 bridgehead atoms. The molecule has 0 aliphatic carbocycles. The van der Waals surface area contributed by atoms with Crippen LogP contribution in [0.3, 0.4) is 0 Å². The van der Waals surface area contributed by atoms with Gasteiger partial charge < -0.3 is 10.0 Å². The second-order valence-corrected chi connectivity index (χ2v) is 4.83. The van der Waals surface area contributed by atoms with E-state index in [-0.39, 0.29) is 11.8 Å². The fourth-order valence-electron chi connectivity index (χ4n) is 1.96. The Kier molecular flexibility index (Phi) is 5.29. The summed E-state index contributed by atoms with van der Waals surface area (Å²) in [6.07, 6.45) is 0. The summed E-state index contributed by atoms with van der Waals surface area (Å²) in [6.45, 7) is 10.8. The molecule has 3 heteroatoms. The molecule has 0 aromatic rings. The summed E-state index contributed by atoms with van der Waals surface area (Å²) < 4.78 is 0. The highest BCUT2D eigenvalue weighted by molar-refractivity contribution is 5.90. The van der Waals surface area contributed by atoms with Crippen molar-refractivity contribution in [3.63, 3.8) is 0 Å². The molecule has 90 valence electrons. The summed E-state index contributed by atoms with van der Waals surface area (Å²) in [5, 5.41) is 10.8. The lowest BCUT2D eigenvalue weighted by Crippen LogP contribution is -2.54. The van der Waals surface area contributed by atoms with Crippen molar-refractivity contribution in [2.45, 2.75) is 40.2 Å². The smallest absolute Gasteiger partial charge is 0.131 e. The minimum Gasteiger partial charge on any atom is -0.381 e. The Morgan fingerprint density at radius 1 is 1.20 bits per heavy atom. The van der Waals surface area contributed by atoms with E-state index in [9.17, 15) is 5.11 Å². The van der Waals surface area contributed by atoms with E-state index in [4.69, 9.17) is 0 Å². The lowest BCUT2D eigenvalue weighted by Gasteiger charge is -2.40. The molecule has 0 amide bonds. The SMILES string of the molecule is CCN=C(N(C)C)C(O)(C(C)C)C(C)C. The van der Waals surface area contributed by atoms with E-state index in [1.54, 1.807) is 0 Å². The summed E-state index contributed by atoms with van der Waals surface area (Å²) >= 11 is 0. The first-order chi connectivity index (χ1) is 6.78. The van der Waals surface area contributed by atoms with Crippen LogP contribution in [0.2, 0.25) is 0 Å². The molecule has 0 aromatic heterocycles. The molecule has 0 unspecified atom stereocenters. The molecule has 0 aromatic carbocycles. The standard InChI is InChI=1S/C12H26N2O/c1-8-13-11(14(6)7)12(15,9(2)3)10(4)5/h9-10,15H,8H2,1-7H3. The molecule has 0 spiro atoms. The van der Waals surface area contributed by atoms with Gasteiger partial charge in [-0.25, -0.2) is 0 Å². The van der Waals surface area contributed by atoms with Crippen LogP contribution in [0.5, 0.6) is 0 Å². The van der Waals surface area contributed by atoms with Crippen LogP contribution in [0.4, 0.5) is 0 Å². The Bertz CT molecular complexity index is 212. The third-order valence-corrected chi connectivity index (χ3v) is 2.85. The average molecular weight is 214 g/mol. The highest BCUT2D eigenvalue weighted by Crippen LogP contribution is 2.28. The fraction of sp³-hybridized carbons (Fsp3) is 0.917. The molecule has 0 aliphatic rings. The molecule has 3 nitrogen and oxygen atoms in total. The van der Waals surface area contributed by atoms with Crippen LogP contribution in [0.15, 0.2) is 4.99 Å². The van der Waals surface area contributed by atoms with Crippen molar-refractivity contribution in [2.24, 2.45) is 16.8 Å². The second-order valence-electron chi connectivity index (χ2n) is 4.83. The summed E-state index contributed by atoms with van der Waals surface area (Å²) in [4.78, 5) is 6.35. The van der Waals surface area contributed by atoms with Crippen molar-refractivity contribution in [1.82, 2.24) is 4.90 Å². The van der Waals surface area contributed by atoms with Crippen molar-refractivity contribution in [3.8, 4) is 0 Å². The van der Waals surface area contributed by atoms with Gasteiger partial charge in [-0.15, -0.1) is 0 Å². The number of hydrogen-bond acceptors (Lipinski definition) is 2. The second kappa shape index (κ2) is 5.50. The van der Waals surface area contributed by atoms with Gasteiger partial charge in [0.2, 0.25) is 0 Å². The van der Waals surface area contributed by atoms with Crippen molar-refractivity contribution in [2.75, 3.05) is 20.6 Å². The Labute approximate surface area is 94.2 Å². The van der Waals surface area contributed by atoms with Crippen LogP contribution in [0, 0.1) is 11.8 Å². The minimum atomic E-state index is -0.834. The van der Waals surface area contributed by atoms with E-state index in [0.717, 1.165) is 5.84 Å². The number of amidine groups is 1. The Morgan fingerprint density at radius 3 is 1.80 bits per heavy atom. The van der Waals surface area contributed by atoms with Crippen LogP contribution < -0.4 is 0 Å². The Hall–Kier alpha value is -0.570. The maximum Gasteiger partial charge on any atom is 0.131 e. The number of nitrogens with zero attached hydrogens (tertiary/aromatic N) is 2. The third kappa shape index (κ3) is 2.94. The first-order valence-corrected chi connectivity index (χ1v) is 5.73. The third-order valence-electron chi connectivity index (χ3n) is 2.85. The van der Waals surface area contributed by atoms with Crippen LogP contribution in [0.25, 0.3) is 0 Å². The number of aliphatic hydroxyl groups is 1. The molecule has 0 fully saturated rings. The summed E-state index contributed by atoms with van der Waals surface area (Å²) in [6, 6.07) is 0. The molecule has 0 saturated heterocycles. The molecular formula is C12H26N2O. The molecular weight excluding hydrogens is 188 g/mol.